The van der Waals surface area contributed by atoms with Gasteiger partial charge in [0.05, 0.1) is 24.9 Å². The smallest absolute Gasteiger partial charge is 0.310 e. The molecule has 1 amide bonds. The van der Waals surface area contributed by atoms with Gasteiger partial charge >= 0.3 is 5.97 Å². The van der Waals surface area contributed by atoms with E-state index in [1.165, 1.54) is 23.9 Å². The van der Waals surface area contributed by atoms with Crippen molar-refractivity contribution in [2.24, 2.45) is 5.92 Å². The number of benzene rings is 1. The molecule has 1 N–H and O–H groups in total. The molecule has 2 heterocycles. The Balaban J connectivity index is 1.72. The van der Waals surface area contributed by atoms with Gasteiger partial charge in [-0.2, -0.15) is 5.10 Å². The number of rotatable bonds is 5. The number of nitrogens with one attached hydrogen (secondary N) is 1. The Labute approximate surface area is 183 Å². The summed E-state index contributed by atoms with van der Waals surface area (Å²) in [6, 6.07) is 9.83. The molecule has 2 aromatic heterocycles. The van der Waals surface area contributed by atoms with E-state index in [2.05, 4.69) is 15.4 Å². The van der Waals surface area contributed by atoms with Gasteiger partial charge in [0.25, 0.3) is 12.3 Å². The van der Waals surface area contributed by atoms with Gasteiger partial charge in [-0.15, -0.1) is 0 Å². The lowest BCUT2D eigenvalue weighted by Crippen LogP contribution is -2.43. The molecule has 2 atom stereocenters. The van der Waals surface area contributed by atoms with E-state index in [1.54, 1.807) is 24.3 Å². The van der Waals surface area contributed by atoms with E-state index in [1.807, 2.05) is 6.07 Å². The van der Waals surface area contributed by atoms with E-state index in [0.717, 1.165) is 19.3 Å². The van der Waals surface area contributed by atoms with Gasteiger partial charge in [0.1, 0.15) is 11.3 Å². The maximum absolute atomic E-state index is 13.6. The van der Waals surface area contributed by atoms with E-state index in [4.69, 9.17) is 4.74 Å². The standard InChI is InChI=1S/C23H24F2N4O3/c1-32-23(31)15-10-6-3-7-11-17(15)28-22(30)16-13-26-29-19(14-8-4-2-5-9-14)12-18(20(24)25)27-21(16)29/h2,4-5,8-9,12-13,15,17,20H,3,6-7,10-11H2,1H3,(H,28,30)/t15-,17+/m1/s1. The van der Waals surface area contributed by atoms with Crippen molar-refractivity contribution in [2.75, 3.05) is 7.11 Å². The fourth-order valence-corrected chi connectivity index (χ4v) is 4.23. The number of amides is 1. The third-order valence-corrected chi connectivity index (χ3v) is 5.87. The second kappa shape index (κ2) is 9.42. The van der Waals surface area contributed by atoms with E-state index in [0.29, 0.717) is 24.1 Å². The molecule has 32 heavy (non-hydrogen) atoms. The number of aromatic nitrogens is 3. The lowest BCUT2D eigenvalue weighted by atomic mass is 9.94. The number of hydrogen-bond acceptors (Lipinski definition) is 5. The van der Waals surface area contributed by atoms with Crippen molar-refractivity contribution >= 4 is 17.5 Å². The van der Waals surface area contributed by atoms with Crippen molar-refractivity contribution in [3.63, 3.8) is 0 Å². The van der Waals surface area contributed by atoms with Gasteiger partial charge in [-0.3, -0.25) is 9.59 Å². The zero-order chi connectivity index (χ0) is 22.7. The number of fused-ring (bicyclic) bond motifs is 1. The Bertz CT molecular complexity index is 1120. The third-order valence-electron chi connectivity index (χ3n) is 5.87. The van der Waals surface area contributed by atoms with Gasteiger partial charge in [-0.05, 0) is 18.9 Å². The molecule has 1 aliphatic rings. The zero-order valence-electron chi connectivity index (χ0n) is 17.6. The minimum Gasteiger partial charge on any atom is -0.469 e. The van der Waals surface area contributed by atoms with Crippen molar-refractivity contribution < 1.29 is 23.1 Å². The molecule has 0 unspecified atom stereocenters. The molecule has 1 aromatic carbocycles. The molecule has 1 saturated carbocycles. The number of alkyl halides is 2. The highest BCUT2D eigenvalue weighted by Crippen LogP contribution is 2.28. The molecule has 1 aliphatic carbocycles. The molecular formula is C23H24F2N4O3. The van der Waals surface area contributed by atoms with E-state index in [9.17, 15) is 18.4 Å². The Morgan fingerprint density at radius 3 is 2.62 bits per heavy atom. The summed E-state index contributed by atoms with van der Waals surface area (Å²) in [5.41, 5.74) is 0.769. The summed E-state index contributed by atoms with van der Waals surface area (Å²) >= 11 is 0. The first-order chi connectivity index (χ1) is 15.5. The Hall–Kier alpha value is -3.36. The number of carbonyl (C=O) groups is 2. The summed E-state index contributed by atoms with van der Waals surface area (Å²) < 4.78 is 33.5. The SMILES string of the molecule is COC(=O)[C@@H]1CCCCC[C@@H]1NC(=O)c1cnn2c(-c3ccccc3)cc(C(F)F)nc12. The number of halogens is 2. The first-order valence-corrected chi connectivity index (χ1v) is 10.6. The minimum atomic E-state index is -2.81. The van der Waals surface area contributed by atoms with Gasteiger partial charge in [0.2, 0.25) is 0 Å². The van der Waals surface area contributed by atoms with Crippen molar-refractivity contribution in [2.45, 2.75) is 44.6 Å². The van der Waals surface area contributed by atoms with Crippen molar-refractivity contribution in [1.82, 2.24) is 19.9 Å². The van der Waals surface area contributed by atoms with Crippen molar-refractivity contribution in [3.05, 3.63) is 53.9 Å². The van der Waals surface area contributed by atoms with Gasteiger partial charge in [-0.1, -0.05) is 49.6 Å². The number of esters is 1. The maximum atomic E-state index is 13.6. The maximum Gasteiger partial charge on any atom is 0.310 e. The monoisotopic (exact) mass is 442 g/mol. The van der Waals surface area contributed by atoms with Gasteiger partial charge in [-0.25, -0.2) is 18.3 Å². The summed E-state index contributed by atoms with van der Waals surface area (Å²) in [7, 11) is 1.33. The number of carbonyl (C=O) groups excluding carboxylic acids is 2. The van der Waals surface area contributed by atoms with Crippen LogP contribution in [0, 0.1) is 5.92 Å². The largest absolute Gasteiger partial charge is 0.469 e. The van der Waals surface area contributed by atoms with Gasteiger partial charge in [0.15, 0.2) is 5.65 Å². The predicted octanol–water partition coefficient (Wildman–Crippen LogP) is 4.19. The van der Waals surface area contributed by atoms with Crippen LogP contribution in [0.3, 0.4) is 0 Å². The fraction of sp³-hybridized carbons (Fsp3) is 0.391. The fourth-order valence-electron chi connectivity index (χ4n) is 4.23. The summed E-state index contributed by atoms with van der Waals surface area (Å²) in [4.78, 5) is 29.4. The number of ether oxygens (including phenoxy) is 1. The normalized spacial score (nSPS) is 19.0. The number of hydrogen-bond donors (Lipinski definition) is 1. The number of nitrogens with zero attached hydrogens (tertiary/aromatic N) is 3. The summed E-state index contributed by atoms with van der Waals surface area (Å²) in [6.07, 6.45) is 2.49. The van der Waals surface area contributed by atoms with E-state index >= 15 is 0 Å². The molecule has 3 aromatic rings. The Morgan fingerprint density at radius 2 is 1.91 bits per heavy atom. The molecular weight excluding hydrogens is 418 g/mol. The zero-order valence-corrected chi connectivity index (χ0v) is 17.6. The minimum absolute atomic E-state index is 0.0439. The molecule has 4 rings (SSSR count). The molecule has 0 radical (unpaired) electrons. The van der Waals surface area contributed by atoms with Crippen LogP contribution in [0.2, 0.25) is 0 Å². The van der Waals surface area contributed by atoms with Crippen LogP contribution in [0.25, 0.3) is 16.9 Å². The highest BCUT2D eigenvalue weighted by molar-refractivity contribution is 6.00. The second-order valence-electron chi connectivity index (χ2n) is 7.87. The van der Waals surface area contributed by atoms with Crippen LogP contribution >= 0.6 is 0 Å². The van der Waals surface area contributed by atoms with E-state index in [-0.39, 0.29) is 17.2 Å². The lowest BCUT2D eigenvalue weighted by molar-refractivity contribution is -0.146. The van der Waals surface area contributed by atoms with E-state index < -0.39 is 30.0 Å². The van der Waals surface area contributed by atoms with Crippen LogP contribution in [0.1, 0.15) is 54.6 Å². The van der Waals surface area contributed by atoms with Crippen LogP contribution in [-0.4, -0.2) is 39.6 Å². The molecule has 0 saturated heterocycles. The summed E-state index contributed by atoms with van der Waals surface area (Å²) in [5.74, 6) is -1.31. The lowest BCUT2D eigenvalue weighted by Gasteiger charge is -2.23. The highest BCUT2D eigenvalue weighted by Gasteiger charge is 2.32. The second-order valence-corrected chi connectivity index (χ2v) is 7.87. The van der Waals surface area contributed by atoms with Crippen molar-refractivity contribution in [3.8, 4) is 11.3 Å². The number of methoxy groups -OCH3 is 1. The predicted molar refractivity (Wildman–Crippen MR) is 113 cm³/mol. The Kier molecular flexibility index (Phi) is 6.43. The first-order valence-electron chi connectivity index (χ1n) is 10.6. The van der Waals surface area contributed by atoms with Gasteiger partial charge in [0, 0.05) is 11.6 Å². The quantitative estimate of drug-likeness (QED) is 0.473. The van der Waals surface area contributed by atoms with Crippen LogP contribution < -0.4 is 5.32 Å². The summed E-state index contributed by atoms with van der Waals surface area (Å²) in [6.45, 7) is 0. The Morgan fingerprint density at radius 1 is 1.16 bits per heavy atom. The molecule has 0 bridgehead atoms. The van der Waals surface area contributed by atoms with Crippen LogP contribution in [0.5, 0.6) is 0 Å². The average Bonchev–Trinajstić information content (AvgIpc) is 3.11. The molecule has 0 spiro atoms. The summed E-state index contributed by atoms with van der Waals surface area (Å²) in [5, 5.41) is 7.16. The highest BCUT2D eigenvalue weighted by atomic mass is 19.3. The van der Waals surface area contributed by atoms with Crippen LogP contribution in [0.15, 0.2) is 42.6 Å². The van der Waals surface area contributed by atoms with Crippen LogP contribution in [-0.2, 0) is 9.53 Å². The molecule has 168 valence electrons. The topological polar surface area (TPSA) is 85.6 Å². The van der Waals surface area contributed by atoms with Crippen LogP contribution in [0.4, 0.5) is 8.78 Å². The van der Waals surface area contributed by atoms with Gasteiger partial charge < -0.3 is 10.1 Å². The molecule has 0 aliphatic heterocycles. The molecule has 1 fully saturated rings. The molecule has 7 nitrogen and oxygen atoms in total. The van der Waals surface area contributed by atoms with Crippen molar-refractivity contribution in [1.29, 1.82) is 0 Å². The first kappa shape index (κ1) is 21.9. The molecule has 9 heteroatoms. The third kappa shape index (κ3) is 4.32. The average molecular weight is 442 g/mol.